The molecule has 28 heavy (non-hydrogen) atoms. The number of methoxy groups -OCH3 is 3. The third kappa shape index (κ3) is 4.05. The summed E-state index contributed by atoms with van der Waals surface area (Å²) in [5.41, 5.74) is 2.29. The summed E-state index contributed by atoms with van der Waals surface area (Å²) in [5.74, 6) is 0.438. The van der Waals surface area contributed by atoms with E-state index in [1.807, 2.05) is 18.2 Å². The Bertz CT molecular complexity index is 904. The number of nitrogens with one attached hydrogen (secondary N) is 1. The molecule has 0 unspecified atom stereocenters. The zero-order valence-corrected chi connectivity index (χ0v) is 17.2. The van der Waals surface area contributed by atoms with E-state index in [9.17, 15) is 9.59 Å². The molecule has 3 rings (SSSR count). The van der Waals surface area contributed by atoms with E-state index in [1.54, 1.807) is 32.4 Å². The van der Waals surface area contributed by atoms with Crippen LogP contribution < -0.4 is 14.8 Å². The summed E-state index contributed by atoms with van der Waals surface area (Å²) in [6.45, 7) is 0. The molecule has 1 heterocycles. The Morgan fingerprint density at radius 2 is 1.93 bits per heavy atom. The van der Waals surface area contributed by atoms with Crippen molar-refractivity contribution in [3.63, 3.8) is 0 Å². The van der Waals surface area contributed by atoms with Crippen LogP contribution in [0.2, 0.25) is 5.02 Å². The average Bonchev–Trinajstić information content (AvgIpc) is 2.83. The fraction of sp³-hybridized carbons (Fsp3) is 0.300. The lowest BCUT2D eigenvalue weighted by molar-refractivity contribution is -0.141. The number of fused-ring (bicyclic) bond motifs is 1. The number of anilines is 1. The highest BCUT2D eigenvalue weighted by Gasteiger charge is 2.35. The summed E-state index contributed by atoms with van der Waals surface area (Å²) >= 11 is 7.59. The molecule has 0 aromatic heterocycles. The number of ether oxygens (including phenoxy) is 3. The number of hydrogen-bond acceptors (Lipinski definition) is 6. The largest absolute Gasteiger partial charge is 0.493 e. The van der Waals surface area contributed by atoms with Crippen molar-refractivity contribution in [3.05, 3.63) is 52.5 Å². The van der Waals surface area contributed by atoms with Crippen molar-refractivity contribution in [1.29, 1.82) is 0 Å². The molecule has 0 aliphatic carbocycles. The Hall–Kier alpha value is -2.38. The molecular weight excluding hydrogens is 402 g/mol. The first kappa shape index (κ1) is 20.4. The maximum Gasteiger partial charge on any atom is 0.307 e. The highest BCUT2D eigenvalue weighted by atomic mass is 35.5. The van der Waals surface area contributed by atoms with Crippen LogP contribution in [0.3, 0.4) is 0 Å². The molecule has 0 spiro atoms. The van der Waals surface area contributed by atoms with Crippen LogP contribution in [0, 0.1) is 0 Å². The van der Waals surface area contributed by atoms with E-state index in [0.717, 1.165) is 11.1 Å². The number of rotatable bonds is 5. The number of amides is 1. The normalized spacial score (nSPS) is 18.5. The number of thioether (sulfide) groups is 1. The van der Waals surface area contributed by atoms with Gasteiger partial charge in [-0.15, -0.1) is 11.8 Å². The lowest BCUT2D eigenvalue weighted by Gasteiger charge is -2.23. The third-order valence-electron chi connectivity index (χ3n) is 4.44. The second kappa shape index (κ2) is 8.75. The van der Waals surface area contributed by atoms with Crippen LogP contribution in [0.25, 0.3) is 0 Å². The van der Waals surface area contributed by atoms with Crippen LogP contribution in [0.4, 0.5) is 5.69 Å². The molecule has 2 aromatic carbocycles. The highest BCUT2D eigenvalue weighted by Crippen LogP contribution is 2.49. The molecule has 2 aromatic rings. The van der Waals surface area contributed by atoms with Crippen LogP contribution in [0.5, 0.6) is 11.5 Å². The highest BCUT2D eigenvalue weighted by molar-refractivity contribution is 8.01. The molecule has 0 fully saturated rings. The van der Waals surface area contributed by atoms with E-state index >= 15 is 0 Å². The number of carbonyl (C=O) groups excluding carboxylic acids is 2. The average molecular weight is 422 g/mol. The van der Waals surface area contributed by atoms with Crippen molar-refractivity contribution in [2.45, 2.75) is 16.9 Å². The lowest BCUT2D eigenvalue weighted by atomic mass is 10.0. The maximum absolute atomic E-state index is 12.7. The summed E-state index contributed by atoms with van der Waals surface area (Å²) in [6.07, 6.45) is -0.0441. The van der Waals surface area contributed by atoms with E-state index < -0.39 is 11.2 Å². The van der Waals surface area contributed by atoms with Gasteiger partial charge in [0.1, 0.15) is 0 Å². The van der Waals surface area contributed by atoms with Crippen LogP contribution in [0.15, 0.2) is 36.4 Å². The van der Waals surface area contributed by atoms with Gasteiger partial charge in [-0.25, -0.2) is 0 Å². The Balaban J connectivity index is 2.15. The molecule has 148 valence electrons. The lowest BCUT2D eigenvalue weighted by Crippen LogP contribution is -2.27. The van der Waals surface area contributed by atoms with Crippen molar-refractivity contribution in [1.82, 2.24) is 0 Å². The molecule has 1 aliphatic rings. The maximum atomic E-state index is 12.7. The first-order chi connectivity index (χ1) is 13.5. The van der Waals surface area contributed by atoms with E-state index in [1.165, 1.54) is 18.9 Å². The third-order valence-corrected chi connectivity index (χ3v) is 6.17. The minimum absolute atomic E-state index is 0.0441. The second-order valence-electron chi connectivity index (χ2n) is 6.09. The Kier molecular flexibility index (Phi) is 6.36. The van der Waals surface area contributed by atoms with E-state index in [4.69, 9.17) is 25.8 Å². The summed E-state index contributed by atoms with van der Waals surface area (Å²) in [6, 6.07) is 10.9. The van der Waals surface area contributed by atoms with Crippen LogP contribution >= 0.6 is 23.4 Å². The fourth-order valence-electron chi connectivity index (χ4n) is 3.11. The fourth-order valence-corrected chi connectivity index (χ4v) is 4.71. The van der Waals surface area contributed by atoms with Gasteiger partial charge < -0.3 is 19.5 Å². The Morgan fingerprint density at radius 3 is 2.61 bits per heavy atom. The van der Waals surface area contributed by atoms with Gasteiger partial charge in [-0.2, -0.15) is 0 Å². The van der Waals surface area contributed by atoms with Crippen molar-refractivity contribution in [3.8, 4) is 11.5 Å². The van der Waals surface area contributed by atoms with E-state index in [-0.39, 0.29) is 17.6 Å². The number of halogens is 1. The second-order valence-corrected chi connectivity index (χ2v) is 7.84. The first-order valence-electron chi connectivity index (χ1n) is 8.52. The topological polar surface area (TPSA) is 73.9 Å². The number of hydrogen-bond donors (Lipinski definition) is 1. The Labute approximate surface area is 172 Å². The molecule has 0 radical (unpaired) electrons. The summed E-state index contributed by atoms with van der Waals surface area (Å²) in [4.78, 5) is 24.6. The van der Waals surface area contributed by atoms with Crippen LogP contribution in [-0.2, 0) is 14.3 Å². The minimum atomic E-state index is -0.639. The molecule has 0 saturated heterocycles. The molecule has 0 saturated carbocycles. The van der Waals surface area contributed by atoms with Gasteiger partial charge in [0.25, 0.3) is 0 Å². The van der Waals surface area contributed by atoms with Crippen molar-refractivity contribution in [2.24, 2.45) is 0 Å². The van der Waals surface area contributed by atoms with Crippen molar-refractivity contribution >= 4 is 40.9 Å². The predicted molar refractivity (Wildman–Crippen MR) is 109 cm³/mol. The molecule has 1 aliphatic heterocycles. The molecular formula is C20H20ClNO5S. The quantitative estimate of drug-likeness (QED) is 0.734. The predicted octanol–water partition coefficient (Wildman–Crippen LogP) is 4.06. The van der Waals surface area contributed by atoms with E-state index in [2.05, 4.69) is 5.32 Å². The van der Waals surface area contributed by atoms with Crippen LogP contribution in [0.1, 0.15) is 22.8 Å². The van der Waals surface area contributed by atoms with E-state index in [0.29, 0.717) is 22.2 Å². The van der Waals surface area contributed by atoms with Gasteiger partial charge in [0.05, 0.1) is 38.3 Å². The molecule has 6 nitrogen and oxygen atoms in total. The molecule has 8 heteroatoms. The summed E-state index contributed by atoms with van der Waals surface area (Å²) < 4.78 is 15.8. The van der Waals surface area contributed by atoms with Crippen molar-refractivity contribution in [2.75, 3.05) is 26.6 Å². The van der Waals surface area contributed by atoms with Gasteiger partial charge in [0.15, 0.2) is 11.5 Å². The first-order valence-corrected chi connectivity index (χ1v) is 9.84. The standard InChI is InChI=1S/C20H20ClNO5S/c1-25-15-6-4-5-12(18(15)27-3)19-13-9-11(21)7-8-14(13)22-20(24)16(28-19)10-17(23)26-2/h4-9,16,19H,10H2,1-3H3,(H,22,24)/t16-,19-/m0/s1. The zero-order chi connectivity index (χ0) is 20.3. The zero-order valence-electron chi connectivity index (χ0n) is 15.7. The van der Waals surface area contributed by atoms with Gasteiger partial charge in [0.2, 0.25) is 5.91 Å². The van der Waals surface area contributed by atoms with Gasteiger partial charge in [-0.05, 0) is 29.8 Å². The monoisotopic (exact) mass is 421 g/mol. The van der Waals surface area contributed by atoms with Gasteiger partial charge in [-0.3, -0.25) is 9.59 Å². The molecule has 1 N–H and O–H groups in total. The number of esters is 1. The molecule has 2 atom stereocenters. The van der Waals surface area contributed by atoms with Crippen LogP contribution in [-0.4, -0.2) is 38.5 Å². The number of carbonyl (C=O) groups is 2. The minimum Gasteiger partial charge on any atom is -0.493 e. The molecule has 0 bridgehead atoms. The van der Waals surface area contributed by atoms with Gasteiger partial charge >= 0.3 is 5.97 Å². The van der Waals surface area contributed by atoms with Crippen molar-refractivity contribution < 1.29 is 23.8 Å². The smallest absolute Gasteiger partial charge is 0.307 e. The number of para-hydroxylation sites is 1. The van der Waals surface area contributed by atoms with Gasteiger partial charge in [-0.1, -0.05) is 23.7 Å². The Morgan fingerprint density at radius 1 is 1.14 bits per heavy atom. The summed E-state index contributed by atoms with van der Waals surface area (Å²) in [7, 11) is 4.44. The SMILES string of the molecule is COC(=O)C[C@@H]1S[C@@H](c2cccc(OC)c2OC)c2cc(Cl)ccc2NC1=O. The number of benzene rings is 2. The molecule has 1 amide bonds. The van der Waals surface area contributed by atoms with Gasteiger partial charge in [0, 0.05) is 16.3 Å². The summed E-state index contributed by atoms with van der Waals surface area (Å²) in [5, 5.41) is 2.49.